The summed E-state index contributed by atoms with van der Waals surface area (Å²) < 4.78 is 70.5. The molecule has 0 aromatic carbocycles. The fourth-order valence-corrected chi connectivity index (χ4v) is 5.67. The lowest BCUT2D eigenvalue weighted by Gasteiger charge is -2.38. The number of hydrogen-bond acceptors (Lipinski definition) is 6. The highest BCUT2D eigenvalue weighted by molar-refractivity contribution is 7.90. The molecule has 168 valence electrons. The van der Waals surface area contributed by atoms with Crippen LogP contribution in [-0.4, -0.2) is 71.6 Å². The van der Waals surface area contributed by atoms with E-state index >= 15 is 0 Å². The molecule has 12 heteroatoms. The van der Waals surface area contributed by atoms with Crippen LogP contribution in [0.2, 0.25) is 0 Å². The van der Waals surface area contributed by atoms with Gasteiger partial charge in [-0.15, -0.1) is 0 Å². The molecule has 3 atom stereocenters. The van der Waals surface area contributed by atoms with Crippen LogP contribution >= 0.6 is 0 Å². The lowest BCUT2D eigenvalue weighted by molar-refractivity contribution is -0.192. The Morgan fingerprint density at radius 1 is 1.30 bits per heavy atom. The van der Waals surface area contributed by atoms with Gasteiger partial charge in [-0.05, 0) is 37.3 Å². The van der Waals surface area contributed by atoms with Crippen LogP contribution in [0.3, 0.4) is 0 Å². The monoisotopic (exact) mass is 452 g/mol. The van der Waals surface area contributed by atoms with E-state index in [9.17, 15) is 21.6 Å². The van der Waals surface area contributed by atoms with Crippen LogP contribution in [0.1, 0.15) is 31.2 Å². The second kappa shape index (κ2) is 9.16. The Hall–Kier alpha value is -1.76. The van der Waals surface area contributed by atoms with Crippen molar-refractivity contribution in [2.45, 2.75) is 62.0 Å². The van der Waals surface area contributed by atoms with Crippen molar-refractivity contribution in [2.75, 3.05) is 13.2 Å². The van der Waals surface area contributed by atoms with Gasteiger partial charge < -0.3 is 14.6 Å². The molecule has 1 N–H and O–H groups in total. The molecule has 4 rings (SSSR count). The highest BCUT2D eigenvalue weighted by atomic mass is 32.2. The molecule has 3 aliphatic rings. The van der Waals surface area contributed by atoms with Crippen LogP contribution in [0.25, 0.3) is 0 Å². The number of carbonyl (C=O) groups is 1. The first-order valence-electron chi connectivity index (χ1n) is 9.53. The molecule has 1 aromatic heterocycles. The molecular weight excluding hydrogens is 429 g/mol. The van der Waals surface area contributed by atoms with Gasteiger partial charge in [0.15, 0.2) is 0 Å². The minimum Gasteiger partial charge on any atom is -0.475 e. The lowest BCUT2D eigenvalue weighted by atomic mass is 10.1. The molecule has 0 amide bonds. The third kappa shape index (κ3) is 5.48. The van der Waals surface area contributed by atoms with E-state index < -0.39 is 22.2 Å². The van der Waals surface area contributed by atoms with E-state index in [0.717, 1.165) is 31.2 Å². The van der Waals surface area contributed by atoms with E-state index in [2.05, 4.69) is 4.98 Å². The first kappa shape index (κ1) is 22.9. The summed E-state index contributed by atoms with van der Waals surface area (Å²) in [7, 11) is -3.15. The van der Waals surface area contributed by atoms with Crippen LogP contribution in [0.15, 0.2) is 24.5 Å². The Bertz CT molecular complexity index is 832. The minimum atomic E-state index is -5.08. The summed E-state index contributed by atoms with van der Waals surface area (Å²) in [5, 5.41) is 6.97. The Labute approximate surface area is 172 Å². The average Bonchev–Trinajstić information content (AvgIpc) is 3.48. The quantitative estimate of drug-likeness (QED) is 0.728. The van der Waals surface area contributed by atoms with Gasteiger partial charge in [-0.3, -0.25) is 4.98 Å². The summed E-state index contributed by atoms with van der Waals surface area (Å²) in [4.78, 5) is 13.0. The molecule has 0 spiro atoms. The number of nitrogens with zero attached hydrogens (tertiary/aromatic N) is 2. The molecule has 0 radical (unpaired) electrons. The Kier molecular flexibility index (Phi) is 7.00. The van der Waals surface area contributed by atoms with Crippen LogP contribution in [-0.2, 0) is 30.9 Å². The maximum absolute atomic E-state index is 12.6. The number of fused-ring (bicyclic) bond motifs is 1. The van der Waals surface area contributed by atoms with E-state index in [1.54, 1.807) is 16.7 Å². The molecule has 1 aromatic rings. The van der Waals surface area contributed by atoms with Crippen molar-refractivity contribution in [3.63, 3.8) is 0 Å². The molecular formula is C18H23F3N2O6S. The van der Waals surface area contributed by atoms with Crippen LogP contribution in [0.4, 0.5) is 13.2 Å². The van der Waals surface area contributed by atoms with Crippen molar-refractivity contribution >= 4 is 16.0 Å². The van der Waals surface area contributed by atoms with Gasteiger partial charge in [-0.2, -0.15) is 17.5 Å². The van der Waals surface area contributed by atoms with E-state index in [-0.39, 0.29) is 23.5 Å². The average molecular weight is 452 g/mol. The number of aliphatic carboxylic acids is 1. The highest BCUT2D eigenvalue weighted by Gasteiger charge is 2.50. The number of rotatable bonds is 5. The van der Waals surface area contributed by atoms with Gasteiger partial charge in [-0.1, -0.05) is 6.07 Å². The summed E-state index contributed by atoms with van der Waals surface area (Å²) >= 11 is 0. The number of carboxylic acid groups (broad SMARTS) is 1. The number of morpholine rings is 1. The summed E-state index contributed by atoms with van der Waals surface area (Å²) in [5.41, 5.74) is 1.02. The zero-order valence-corrected chi connectivity index (χ0v) is 16.8. The topological polar surface area (TPSA) is 106 Å². The molecule has 30 heavy (non-hydrogen) atoms. The zero-order chi connectivity index (χ0) is 21.9. The number of aromatic nitrogens is 1. The second-order valence-corrected chi connectivity index (χ2v) is 9.51. The number of alkyl halides is 3. The van der Waals surface area contributed by atoms with Gasteiger partial charge in [0, 0.05) is 18.9 Å². The van der Waals surface area contributed by atoms with Gasteiger partial charge in [-0.25, -0.2) is 13.2 Å². The van der Waals surface area contributed by atoms with Crippen molar-refractivity contribution in [1.29, 1.82) is 0 Å². The standard InChI is InChI=1S/C16H22N2O4S.C2HF3O2/c19-23(20,13-3-4-13)18-8-9-21-16-14(18)5-6-15(16)22-11-12-2-1-7-17-10-12;3-2(4,5)1(6)7/h1-2,7,10,13-16H,3-6,8-9,11H2;(H,6,7)/t14-,15-,16+;/m0./s1. The predicted molar refractivity (Wildman–Crippen MR) is 97.9 cm³/mol. The van der Waals surface area contributed by atoms with Crippen molar-refractivity contribution in [1.82, 2.24) is 9.29 Å². The molecule has 8 nitrogen and oxygen atoms in total. The fraction of sp³-hybridized carbons (Fsp3) is 0.667. The van der Waals surface area contributed by atoms with Gasteiger partial charge in [0.25, 0.3) is 0 Å². The van der Waals surface area contributed by atoms with Crippen LogP contribution < -0.4 is 0 Å². The van der Waals surface area contributed by atoms with Crippen LogP contribution in [0.5, 0.6) is 0 Å². The molecule has 0 bridgehead atoms. The molecule has 1 saturated heterocycles. The Morgan fingerprint density at radius 2 is 2.00 bits per heavy atom. The van der Waals surface area contributed by atoms with E-state index in [1.807, 2.05) is 12.1 Å². The Balaban J connectivity index is 0.000000318. The minimum absolute atomic E-state index is 0.0441. The van der Waals surface area contributed by atoms with Crippen LogP contribution in [0, 0.1) is 0 Å². The smallest absolute Gasteiger partial charge is 0.475 e. The van der Waals surface area contributed by atoms with Gasteiger partial charge in [0.2, 0.25) is 10.0 Å². The van der Waals surface area contributed by atoms with Crippen molar-refractivity contribution < 1.29 is 41.0 Å². The number of carboxylic acids is 1. The normalized spacial score (nSPS) is 27.1. The lowest BCUT2D eigenvalue weighted by Crippen LogP contribution is -2.54. The van der Waals surface area contributed by atoms with Crippen molar-refractivity contribution in [2.24, 2.45) is 0 Å². The largest absolute Gasteiger partial charge is 0.490 e. The molecule has 3 fully saturated rings. The number of pyridine rings is 1. The van der Waals surface area contributed by atoms with Gasteiger partial charge >= 0.3 is 12.1 Å². The number of ether oxygens (including phenoxy) is 2. The number of hydrogen-bond donors (Lipinski definition) is 1. The molecule has 0 unspecified atom stereocenters. The Morgan fingerprint density at radius 3 is 2.57 bits per heavy atom. The van der Waals surface area contributed by atoms with E-state index in [0.29, 0.717) is 19.8 Å². The van der Waals surface area contributed by atoms with E-state index in [1.165, 1.54) is 0 Å². The summed E-state index contributed by atoms with van der Waals surface area (Å²) in [6, 6.07) is 3.80. The molecule has 2 saturated carbocycles. The summed E-state index contributed by atoms with van der Waals surface area (Å²) in [6.45, 7) is 1.43. The maximum Gasteiger partial charge on any atom is 0.490 e. The summed E-state index contributed by atoms with van der Waals surface area (Å²) in [6.07, 6.45) is 1.51. The summed E-state index contributed by atoms with van der Waals surface area (Å²) in [5.74, 6) is -2.76. The van der Waals surface area contributed by atoms with E-state index in [4.69, 9.17) is 19.4 Å². The molecule has 2 aliphatic carbocycles. The fourth-order valence-electron chi connectivity index (χ4n) is 3.62. The first-order valence-corrected chi connectivity index (χ1v) is 11.0. The molecule has 1 aliphatic heterocycles. The van der Waals surface area contributed by atoms with Crippen molar-refractivity contribution in [3.8, 4) is 0 Å². The predicted octanol–water partition coefficient (Wildman–Crippen LogP) is 1.96. The third-order valence-corrected chi connectivity index (χ3v) is 7.61. The zero-order valence-electron chi connectivity index (χ0n) is 16.0. The van der Waals surface area contributed by atoms with Gasteiger partial charge in [0.05, 0.1) is 30.6 Å². The van der Waals surface area contributed by atoms with Crippen molar-refractivity contribution in [3.05, 3.63) is 30.1 Å². The highest BCUT2D eigenvalue weighted by Crippen LogP contribution is 2.39. The molecule has 2 heterocycles. The van der Waals surface area contributed by atoms with Gasteiger partial charge in [0.1, 0.15) is 6.10 Å². The number of halogens is 3. The number of sulfonamides is 1. The third-order valence-electron chi connectivity index (χ3n) is 5.19. The first-order chi connectivity index (χ1) is 14.1. The SMILES string of the molecule is O=C(O)C(F)(F)F.O=S(=O)(C1CC1)N1CCO[C@H]2[C@@H](OCc3cccnc3)CC[C@@H]21. The maximum atomic E-state index is 12.6. The second-order valence-electron chi connectivity index (χ2n) is 7.35.